The van der Waals surface area contributed by atoms with Gasteiger partial charge in [0.15, 0.2) is 5.69 Å². The van der Waals surface area contributed by atoms with E-state index in [0.29, 0.717) is 30.3 Å². The number of hydrogen-bond donors (Lipinski definition) is 2. The predicted molar refractivity (Wildman–Crippen MR) is 155 cm³/mol. The molecule has 0 radical (unpaired) electrons. The third-order valence-electron chi connectivity index (χ3n) is 6.74. The van der Waals surface area contributed by atoms with Crippen LogP contribution in [0.1, 0.15) is 11.1 Å². The molecule has 0 aliphatic carbocycles. The van der Waals surface area contributed by atoms with E-state index in [4.69, 9.17) is 19.1 Å². The monoisotopic (exact) mass is 567 g/mol. The lowest BCUT2D eigenvalue weighted by atomic mass is 10.0. The highest BCUT2D eigenvalue weighted by Gasteiger charge is 2.29. The SMILES string of the molecule is Cn1cc(-c2nc(-c3nnc(NC4N=C(c5ccccc5)c5ccccc5NC4=O)o3)c(N3CCOCC3)s2)cn1. The van der Waals surface area contributed by atoms with Gasteiger partial charge in [-0.3, -0.25) is 9.48 Å². The molecule has 206 valence electrons. The molecule has 1 amide bonds. The van der Waals surface area contributed by atoms with E-state index in [-0.39, 0.29) is 17.8 Å². The maximum atomic E-state index is 13.3. The number of carbonyl (C=O) groups excluding carboxylic acids is 1. The lowest BCUT2D eigenvalue weighted by molar-refractivity contribution is -0.116. The van der Waals surface area contributed by atoms with Crippen molar-refractivity contribution in [2.45, 2.75) is 6.17 Å². The van der Waals surface area contributed by atoms with Crippen molar-refractivity contribution in [3.05, 3.63) is 78.1 Å². The first-order valence-corrected chi connectivity index (χ1v) is 13.9. The summed E-state index contributed by atoms with van der Waals surface area (Å²) in [5.74, 6) is -0.102. The largest absolute Gasteiger partial charge is 0.402 e. The Bertz CT molecular complexity index is 1740. The third-order valence-corrected chi connectivity index (χ3v) is 7.91. The molecule has 13 heteroatoms. The van der Waals surface area contributed by atoms with E-state index in [0.717, 1.165) is 39.8 Å². The molecule has 2 aromatic carbocycles. The number of aliphatic imine (C=N–C) groups is 1. The van der Waals surface area contributed by atoms with E-state index in [1.807, 2.05) is 67.8 Å². The van der Waals surface area contributed by atoms with Gasteiger partial charge in [0.1, 0.15) is 10.0 Å². The van der Waals surface area contributed by atoms with Gasteiger partial charge < -0.3 is 24.7 Å². The summed E-state index contributed by atoms with van der Waals surface area (Å²) in [6, 6.07) is 17.4. The van der Waals surface area contributed by atoms with Crippen LogP contribution in [0.4, 0.5) is 16.7 Å². The van der Waals surface area contributed by atoms with E-state index < -0.39 is 6.17 Å². The molecule has 41 heavy (non-hydrogen) atoms. The van der Waals surface area contributed by atoms with Crippen LogP contribution in [0.2, 0.25) is 0 Å². The molecule has 5 heterocycles. The van der Waals surface area contributed by atoms with E-state index in [9.17, 15) is 4.79 Å². The number of anilines is 3. The fraction of sp³-hybridized carbons (Fsp3) is 0.214. The van der Waals surface area contributed by atoms with Gasteiger partial charge in [-0.05, 0) is 6.07 Å². The molecule has 1 atom stereocenters. The van der Waals surface area contributed by atoms with Crippen molar-refractivity contribution in [1.29, 1.82) is 0 Å². The fourth-order valence-electron chi connectivity index (χ4n) is 4.76. The number of thiazole rings is 1. The Morgan fingerprint density at radius 3 is 2.63 bits per heavy atom. The summed E-state index contributed by atoms with van der Waals surface area (Å²) in [4.78, 5) is 25.1. The summed E-state index contributed by atoms with van der Waals surface area (Å²) in [6.45, 7) is 2.69. The Balaban J connectivity index is 1.22. The van der Waals surface area contributed by atoms with E-state index >= 15 is 0 Å². The molecule has 1 unspecified atom stereocenters. The van der Waals surface area contributed by atoms with Crippen LogP contribution in [0.15, 0.2) is 76.4 Å². The van der Waals surface area contributed by atoms with Crippen LogP contribution in [-0.4, -0.2) is 69.0 Å². The standard InChI is InChI=1S/C28H25N9O3S/c1-36-16-18(15-29-36)26-32-22(27(41-26)37-11-13-39-14-12-37)25-34-35-28(40-25)33-23-24(38)30-20-10-6-5-9-19(20)21(31-23)17-7-3-2-4-8-17/h2-10,15-16,23H,11-14H2,1H3,(H,30,38)(H,33,35). The Hall–Kier alpha value is -4.88. The number of para-hydroxylation sites is 1. The summed E-state index contributed by atoms with van der Waals surface area (Å²) in [5, 5.41) is 20.5. The summed E-state index contributed by atoms with van der Waals surface area (Å²) < 4.78 is 13.3. The summed E-state index contributed by atoms with van der Waals surface area (Å²) in [6.07, 6.45) is 2.68. The molecule has 7 rings (SSSR count). The van der Waals surface area contributed by atoms with Gasteiger partial charge >= 0.3 is 6.01 Å². The summed E-state index contributed by atoms with van der Waals surface area (Å²) >= 11 is 1.54. The van der Waals surface area contributed by atoms with Crippen molar-refractivity contribution in [2.24, 2.45) is 12.0 Å². The maximum absolute atomic E-state index is 13.3. The van der Waals surface area contributed by atoms with Crippen LogP contribution < -0.4 is 15.5 Å². The summed E-state index contributed by atoms with van der Waals surface area (Å²) in [5.41, 5.74) is 4.53. The molecule has 2 aliphatic heterocycles. The van der Waals surface area contributed by atoms with Crippen molar-refractivity contribution in [2.75, 3.05) is 41.8 Å². The zero-order valence-electron chi connectivity index (χ0n) is 22.0. The number of morpholine rings is 1. The number of benzodiazepines with no additional fused rings is 1. The highest BCUT2D eigenvalue weighted by molar-refractivity contribution is 7.19. The summed E-state index contributed by atoms with van der Waals surface area (Å²) in [7, 11) is 1.87. The van der Waals surface area contributed by atoms with Gasteiger partial charge in [-0.25, -0.2) is 9.98 Å². The van der Waals surface area contributed by atoms with Crippen molar-refractivity contribution < 1.29 is 13.9 Å². The number of rotatable bonds is 6. The maximum Gasteiger partial charge on any atom is 0.317 e. The number of aromatic nitrogens is 5. The molecular weight excluding hydrogens is 542 g/mol. The van der Waals surface area contributed by atoms with Gasteiger partial charge in [0.2, 0.25) is 6.17 Å². The number of aryl methyl sites for hydroxylation is 1. The quantitative estimate of drug-likeness (QED) is 0.315. The molecule has 0 saturated carbocycles. The minimum absolute atomic E-state index is 0.0612. The van der Waals surface area contributed by atoms with E-state index in [1.165, 1.54) is 11.3 Å². The highest BCUT2D eigenvalue weighted by atomic mass is 32.1. The lowest BCUT2D eigenvalue weighted by Crippen LogP contribution is -2.35. The van der Waals surface area contributed by atoms with Crippen LogP contribution in [0.25, 0.3) is 22.2 Å². The molecule has 2 N–H and O–H groups in total. The topological polar surface area (TPSA) is 136 Å². The number of hydrogen-bond acceptors (Lipinski definition) is 11. The lowest BCUT2D eigenvalue weighted by Gasteiger charge is -2.27. The molecule has 1 saturated heterocycles. The van der Waals surface area contributed by atoms with Crippen LogP contribution >= 0.6 is 11.3 Å². The molecule has 3 aromatic heterocycles. The molecule has 2 aliphatic rings. The number of nitrogens with one attached hydrogen (secondary N) is 2. The number of benzene rings is 2. The van der Waals surface area contributed by atoms with Gasteiger partial charge in [-0.15, -0.1) is 5.10 Å². The number of ether oxygens (including phenoxy) is 1. The first kappa shape index (κ1) is 25.1. The Morgan fingerprint density at radius 1 is 1.02 bits per heavy atom. The molecule has 5 aromatic rings. The number of amides is 1. The first-order valence-electron chi connectivity index (χ1n) is 13.1. The smallest absolute Gasteiger partial charge is 0.317 e. The van der Waals surface area contributed by atoms with Crippen LogP contribution in [0, 0.1) is 0 Å². The number of nitrogens with zero attached hydrogens (tertiary/aromatic N) is 7. The second-order valence-electron chi connectivity index (χ2n) is 9.51. The minimum atomic E-state index is -1.01. The van der Waals surface area contributed by atoms with Crippen LogP contribution in [0.3, 0.4) is 0 Å². The average molecular weight is 568 g/mol. The average Bonchev–Trinajstić information content (AvgIpc) is 3.74. The van der Waals surface area contributed by atoms with Gasteiger partial charge in [0.05, 0.1) is 30.8 Å². The zero-order chi connectivity index (χ0) is 27.8. The van der Waals surface area contributed by atoms with Gasteiger partial charge in [0, 0.05) is 43.0 Å². The second-order valence-corrected chi connectivity index (χ2v) is 10.5. The molecule has 0 spiro atoms. The minimum Gasteiger partial charge on any atom is -0.402 e. The van der Waals surface area contributed by atoms with Gasteiger partial charge in [-0.1, -0.05) is 65.0 Å². The number of carbonyl (C=O) groups is 1. The second kappa shape index (κ2) is 10.6. The van der Waals surface area contributed by atoms with Crippen LogP contribution in [0.5, 0.6) is 0 Å². The van der Waals surface area contributed by atoms with E-state index in [1.54, 1.807) is 10.9 Å². The molecule has 1 fully saturated rings. The fourth-order valence-corrected chi connectivity index (χ4v) is 5.85. The van der Waals surface area contributed by atoms with Crippen LogP contribution in [-0.2, 0) is 16.6 Å². The molecular formula is C28H25N9O3S. The third kappa shape index (κ3) is 4.96. The first-order chi connectivity index (χ1) is 20.1. The van der Waals surface area contributed by atoms with E-state index in [2.05, 4.69) is 30.8 Å². The van der Waals surface area contributed by atoms with Crippen molar-refractivity contribution in [3.63, 3.8) is 0 Å². The Morgan fingerprint density at radius 2 is 1.83 bits per heavy atom. The molecule has 0 bridgehead atoms. The van der Waals surface area contributed by atoms with Gasteiger partial charge in [-0.2, -0.15) is 5.10 Å². The van der Waals surface area contributed by atoms with Gasteiger partial charge in [0.25, 0.3) is 11.8 Å². The predicted octanol–water partition coefficient (Wildman–Crippen LogP) is 3.66. The number of fused-ring (bicyclic) bond motifs is 1. The molecule has 12 nitrogen and oxygen atoms in total. The normalized spacial score (nSPS) is 17.0. The Kier molecular flexibility index (Phi) is 6.49. The highest BCUT2D eigenvalue weighted by Crippen LogP contribution is 2.40. The van der Waals surface area contributed by atoms with Crippen molar-refractivity contribution in [3.8, 4) is 22.2 Å². The van der Waals surface area contributed by atoms with Crippen molar-refractivity contribution in [1.82, 2.24) is 25.0 Å². The Labute approximate surface area is 238 Å². The van der Waals surface area contributed by atoms with Crippen molar-refractivity contribution >= 4 is 39.7 Å². The zero-order valence-corrected chi connectivity index (χ0v) is 22.8.